The molecule has 1 aromatic heterocycles. The first-order chi connectivity index (χ1) is 6.97. The number of methoxy groups -OCH3 is 1. The molecule has 6 heteroatoms. The molecule has 0 spiro atoms. The highest BCUT2D eigenvalue weighted by molar-refractivity contribution is 14.1. The van der Waals surface area contributed by atoms with Crippen LogP contribution >= 0.6 is 22.6 Å². The van der Waals surface area contributed by atoms with Gasteiger partial charge in [0.05, 0.1) is 7.11 Å². The van der Waals surface area contributed by atoms with Crippen molar-refractivity contribution in [2.75, 3.05) is 7.11 Å². The summed E-state index contributed by atoms with van der Waals surface area (Å²) in [5, 5.41) is 0. The molecule has 1 rings (SSSR count). The number of hydrogen-bond acceptors (Lipinski definition) is 3. The zero-order chi connectivity index (χ0) is 11.6. The van der Waals surface area contributed by atoms with Gasteiger partial charge in [0.2, 0.25) is 0 Å². The van der Waals surface area contributed by atoms with Crippen LogP contribution in [0.3, 0.4) is 0 Å². The zero-order valence-corrected chi connectivity index (χ0v) is 10.2. The summed E-state index contributed by atoms with van der Waals surface area (Å²) in [6.45, 7) is 1.59. The van der Waals surface area contributed by atoms with Crippen LogP contribution < -0.4 is 0 Å². The van der Waals surface area contributed by atoms with Crippen LogP contribution in [0, 0.1) is 10.6 Å². The van der Waals surface area contributed by atoms with Crippen molar-refractivity contribution in [3.05, 3.63) is 26.6 Å². The number of rotatable bonds is 2. The summed E-state index contributed by atoms with van der Waals surface area (Å²) in [5.41, 5.74) is -0.0418. The molecule has 1 heterocycles. The fourth-order valence-electron chi connectivity index (χ4n) is 1.14. The van der Waals surface area contributed by atoms with Crippen LogP contribution in [-0.4, -0.2) is 18.1 Å². The number of aryl methyl sites for hydroxylation is 1. The molecule has 0 aliphatic heterocycles. The lowest BCUT2D eigenvalue weighted by molar-refractivity contribution is 0.0587. The van der Waals surface area contributed by atoms with Crippen LogP contribution in [0.4, 0.5) is 8.78 Å². The van der Waals surface area contributed by atoms with E-state index in [4.69, 9.17) is 0 Å². The summed E-state index contributed by atoms with van der Waals surface area (Å²) < 4.78 is 30.0. The molecular formula is C9H8F2INO2. The number of carbonyl (C=O) groups is 1. The topological polar surface area (TPSA) is 39.2 Å². The number of esters is 1. The third-order valence-electron chi connectivity index (χ3n) is 1.76. The average molecular weight is 327 g/mol. The van der Waals surface area contributed by atoms with Crippen molar-refractivity contribution in [2.24, 2.45) is 0 Å². The molecule has 0 saturated carbocycles. The molecule has 15 heavy (non-hydrogen) atoms. The Morgan fingerprint density at radius 3 is 2.67 bits per heavy atom. The minimum Gasteiger partial charge on any atom is -0.465 e. The first-order valence-corrected chi connectivity index (χ1v) is 5.08. The predicted octanol–water partition coefficient (Wildman–Crippen LogP) is 2.72. The fourth-order valence-corrected chi connectivity index (χ4v) is 2.05. The van der Waals surface area contributed by atoms with E-state index in [1.54, 1.807) is 29.5 Å². The minimum absolute atomic E-state index is 0.154. The smallest absolute Gasteiger partial charge is 0.341 e. The number of pyridine rings is 1. The second kappa shape index (κ2) is 4.82. The van der Waals surface area contributed by atoms with Gasteiger partial charge in [-0.25, -0.2) is 18.6 Å². The van der Waals surface area contributed by atoms with E-state index >= 15 is 0 Å². The Hall–Kier alpha value is -0.790. The summed E-state index contributed by atoms with van der Waals surface area (Å²) in [4.78, 5) is 15.2. The van der Waals surface area contributed by atoms with Crippen molar-refractivity contribution in [1.29, 1.82) is 0 Å². The fraction of sp³-hybridized carbons (Fsp3) is 0.333. The van der Waals surface area contributed by atoms with E-state index in [1.165, 1.54) is 6.07 Å². The van der Waals surface area contributed by atoms with Crippen molar-refractivity contribution in [3.8, 4) is 0 Å². The van der Waals surface area contributed by atoms with Crippen LogP contribution in [0.2, 0.25) is 0 Å². The SMILES string of the molecule is COC(=O)c1c(C(F)F)cc(C)nc1I. The number of ether oxygens (including phenoxy) is 1. The van der Waals surface area contributed by atoms with Crippen LogP contribution in [0.1, 0.15) is 28.0 Å². The van der Waals surface area contributed by atoms with Gasteiger partial charge in [0.15, 0.2) is 0 Å². The van der Waals surface area contributed by atoms with E-state index in [0.29, 0.717) is 5.69 Å². The molecule has 0 N–H and O–H groups in total. The minimum atomic E-state index is -2.71. The summed E-state index contributed by atoms with van der Waals surface area (Å²) >= 11 is 1.74. The quantitative estimate of drug-likeness (QED) is 0.476. The van der Waals surface area contributed by atoms with Crippen molar-refractivity contribution in [2.45, 2.75) is 13.3 Å². The van der Waals surface area contributed by atoms with Crippen LogP contribution in [0.25, 0.3) is 0 Å². The molecule has 82 valence electrons. The van der Waals surface area contributed by atoms with Gasteiger partial charge >= 0.3 is 5.97 Å². The van der Waals surface area contributed by atoms with Crippen molar-refractivity contribution >= 4 is 28.6 Å². The molecule has 3 nitrogen and oxygen atoms in total. The predicted molar refractivity (Wildman–Crippen MR) is 58.0 cm³/mol. The van der Waals surface area contributed by atoms with Gasteiger partial charge in [-0.1, -0.05) is 0 Å². The van der Waals surface area contributed by atoms with Crippen molar-refractivity contribution < 1.29 is 18.3 Å². The van der Waals surface area contributed by atoms with Gasteiger partial charge < -0.3 is 4.74 Å². The summed E-state index contributed by atoms with van der Waals surface area (Å²) in [7, 11) is 1.15. The monoisotopic (exact) mass is 327 g/mol. The maximum atomic E-state index is 12.6. The number of aromatic nitrogens is 1. The Morgan fingerprint density at radius 1 is 1.60 bits per heavy atom. The van der Waals surface area contributed by atoms with E-state index in [1.807, 2.05) is 0 Å². The largest absolute Gasteiger partial charge is 0.465 e. The van der Waals surface area contributed by atoms with E-state index in [0.717, 1.165) is 7.11 Å². The van der Waals surface area contributed by atoms with Gasteiger partial charge in [0, 0.05) is 11.3 Å². The molecule has 0 unspecified atom stereocenters. The number of halogens is 3. The highest BCUT2D eigenvalue weighted by Gasteiger charge is 2.23. The number of nitrogens with zero attached hydrogens (tertiary/aromatic N) is 1. The number of hydrogen-bond donors (Lipinski definition) is 0. The maximum Gasteiger partial charge on any atom is 0.341 e. The van der Waals surface area contributed by atoms with Crippen molar-refractivity contribution in [3.63, 3.8) is 0 Å². The lowest BCUT2D eigenvalue weighted by Crippen LogP contribution is -2.11. The van der Waals surface area contributed by atoms with Gasteiger partial charge in [-0.15, -0.1) is 0 Å². The third-order valence-corrected chi connectivity index (χ3v) is 2.54. The first-order valence-electron chi connectivity index (χ1n) is 4.01. The van der Waals surface area contributed by atoms with Crippen LogP contribution in [0.15, 0.2) is 6.07 Å². The Balaban J connectivity index is 3.40. The standard InChI is InChI=1S/C9H8F2INO2/c1-4-3-5(7(10)11)6(8(12)13-4)9(14)15-2/h3,7H,1-2H3. The average Bonchev–Trinajstić information content (AvgIpc) is 2.15. The summed E-state index contributed by atoms with van der Waals surface area (Å²) in [6.07, 6.45) is -2.71. The first kappa shape index (κ1) is 12.3. The lowest BCUT2D eigenvalue weighted by atomic mass is 10.1. The van der Waals surface area contributed by atoms with Gasteiger partial charge in [-0.2, -0.15) is 0 Å². The Kier molecular flexibility index (Phi) is 3.95. The molecule has 0 saturated heterocycles. The maximum absolute atomic E-state index is 12.6. The Bertz CT molecular complexity index is 396. The van der Waals surface area contributed by atoms with E-state index in [9.17, 15) is 13.6 Å². The highest BCUT2D eigenvalue weighted by atomic mass is 127. The van der Waals surface area contributed by atoms with Crippen molar-refractivity contribution in [1.82, 2.24) is 4.98 Å². The number of carbonyl (C=O) groups excluding carboxylic acids is 1. The van der Waals surface area contributed by atoms with E-state index in [2.05, 4.69) is 9.72 Å². The molecule has 0 aliphatic carbocycles. The van der Waals surface area contributed by atoms with Gasteiger partial charge in [0.1, 0.15) is 9.26 Å². The number of alkyl halides is 2. The molecule has 0 aromatic carbocycles. The van der Waals surface area contributed by atoms with Gasteiger partial charge in [0.25, 0.3) is 6.43 Å². The summed E-state index contributed by atoms with van der Waals surface area (Å²) in [6, 6.07) is 1.19. The molecule has 0 bridgehead atoms. The molecule has 1 aromatic rings. The van der Waals surface area contributed by atoms with Crippen LogP contribution in [0.5, 0.6) is 0 Å². The Labute approximate surface area is 99.0 Å². The normalized spacial score (nSPS) is 10.5. The van der Waals surface area contributed by atoms with E-state index < -0.39 is 12.4 Å². The second-order valence-electron chi connectivity index (χ2n) is 2.81. The molecule has 0 fully saturated rings. The van der Waals surface area contributed by atoms with E-state index in [-0.39, 0.29) is 14.8 Å². The van der Waals surface area contributed by atoms with Crippen LogP contribution in [-0.2, 0) is 4.74 Å². The third kappa shape index (κ3) is 2.61. The zero-order valence-electron chi connectivity index (χ0n) is 8.05. The lowest BCUT2D eigenvalue weighted by Gasteiger charge is -2.09. The molecular weight excluding hydrogens is 319 g/mol. The van der Waals surface area contributed by atoms with Gasteiger partial charge in [-0.3, -0.25) is 0 Å². The Morgan fingerprint density at radius 2 is 2.20 bits per heavy atom. The molecule has 0 amide bonds. The molecule has 0 radical (unpaired) electrons. The molecule has 0 aliphatic rings. The van der Waals surface area contributed by atoms with Gasteiger partial charge in [-0.05, 0) is 35.6 Å². The summed E-state index contributed by atoms with van der Waals surface area (Å²) in [5.74, 6) is -0.790. The molecule has 0 atom stereocenters. The second-order valence-corrected chi connectivity index (χ2v) is 3.83. The highest BCUT2D eigenvalue weighted by Crippen LogP contribution is 2.26.